The van der Waals surface area contributed by atoms with Crippen LogP contribution in [0.2, 0.25) is 10.0 Å². The van der Waals surface area contributed by atoms with E-state index in [-0.39, 0.29) is 27.3 Å². The lowest BCUT2D eigenvalue weighted by molar-refractivity contribution is 0.0238. The summed E-state index contributed by atoms with van der Waals surface area (Å²) in [6.07, 6.45) is 4.18. The summed E-state index contributed by atoms with van der Waals surface area (Å²) in [7, 11) is 0. The normalized spacial score (nSPS) is 12.2. The van der Waals surface area contributed by atoms with Gasteiger partial charge in [-0.1, -0.05) is 56.8 Å². The van der Waals surface area contributed by atoms with Crippen LogP contribution in [0.5, 0.6) is 0 Å². The van der Waals surface area contributed by atoms with Gasteiger partial charge in [0.2, 0.25) is 0 Å². The third-order valence-corrected chi connectivity index (χ3v) is 4.45. The Labute approximate surface area is 153 Å². The first-order chi connectivity index (χ1) is 11.3. The number of aromatic carboxylic acids is 1. The maximum Gasteiger partial charge on any atom is 0.339 e. The van der Waals surface area contributed by atoms with Crippen molar-refractivity contribution in [2.24, 2.45) is 5.92 Å². The van der Waals surface area contributed by atoms with Gasteiger partial charge in [-0.3, -0.25) is 0 Å². The number of hydrogen-bond donors (Lipinski definition) is 1. The fourth-order valence-electron chi connectivity index (χ4n) is 2.32. The topological polar surface area (TPSA) is 63.6 Å². The Morgan fingerprint density at radius 1 is 1.08 bits per heavy atom. The second-order valence-corrected chi connectivity index (χ2v) is 7.07. The van der Waals surface area contributed by atoms with Crippen LogP contribution >= 0.6 is 23.2 Å². The van der Waals surface area contributed by atoms with E-state index < -0.39 is 11.9 Å². The second-order valence-electron chi connectivity index (χ2n) is 6.26. The van der Waals surface area contributed by atoms with Crippen molar-refractivity contribution in [3.63, 3.8) is 0 Å². The fourth-order valence-corrected chi connectivity index (χ4v) is 2.65. The molecule has 0 saturated carbocycles. The lowest BCUT2D eigenvalue weighted by Gasteiger charge is -2.19. The largest absolute Gasteiger partial charge is 0.478 e. The first-order valence-electron chi connectivity index (χ1n) is 8.19. The van der Waals surface area contributed by atoms with E-state index in [2.05, 4.69) is 20.8 Å². The average molecular weight is 375 g/mol. The summed E-state index contributed by atoms with van der Waals surface area (Å²) in [6.45, 7) is 6.29. The Morgan fingerprint density at radius 2 is 1.67 bits per heavy atom. The number of unbranched alkanes of at least 4 members (excludes halogenated alkanes) is 1. The van der Waals surface area contributed by atoms with Gasteiger partial charge >= 0.3 is 11.9 Å². The van der Waals surface area contributed by atoms with Gasteiger partial charge in [0.25, 0.3) is 0 Å². The third kappa shape index (κ3) is 6.33. The molecule has 24 heavy (non-hydrogen) atoms. The zero-order chi connectivity index (χ0) is 18.3. The molecule has 0 aliphatic carbocycles. The molecule has 6 heteroatoms. The zero-order valence-corrected chi connectivity index (χ0v) is 15.8. The Hall–Kier alpha value is -1.26. The molecule has 1 atom stereocenters. The van der Waals surface area contributed by atoms with Crippen molar-refractivity contribution >= 4 is 35.1 Å². The van der Waals surface area contributed by atoms with E-state index in [1.165, 1.54) is 12.1 Å². The summed E-state index contributed by atoms with van der Waals surface area (Å²) in [4.78, 5) is 23.8. The van der Waals surface area contributed by atoms with E-state index >= 15 is 0 Å². The highest BCUT2D eigenvalue weighted by molar-refractivity contribution is 6.42. The molecule has 0 radical (unpaired) electrons. The van der Waals surface area contributed by atoms with Crippen LogP contribution in [0, 0.1) is 5.92 Å². The summed E-state index contributed by atoms with van der Waals surface area (Å²) in [5.41, 5.74) is -0.268. The molecule has 0 spiro atoms. The van der Waals surface area contributed by atoms with Gasteiger partial charge < -0.3 is 9.84 Å². The van der Waals surface area contributed by atoms with E-state index in [9.17, 15) is 14.7 Å². The van der Waals surface area contributed by atoms with Crippen molar-refractivity contribution < 1.29 is 19.4 Å². The van der Waals surface area contributed by atoms with Crippen LogP contribution < -0.4 is 0 Å². The fraction of sp³-hybridized carbons (Fsp3) is 0.556. The number of carbonyl (C=O) groups excluding carboxylic acids is 1. The first-order valence-corrected chi connectivity index (χ1v) is 8.95. The van der Waals surface area contributed by atoms with Crippen molar-refractivity contribution in [1.29, 1.82) is 0 Å². The summed E-state index contributed by atoms with van der Waals surface area (Å²) in [5, 5.41) is 9.49. The van der Waals surface area contributed by atoms with Crippen molar-refractivity contribution in [3.05, 3.63) is 33.3 Å². The number of ether oxygens (including phenoxy) is 1. The molecular weight excluding hydrogens is 351 g/mol. The van der Waals surface area contributed by atoms with Crippen molar-refractivity contribution in [3.8, 4) is 0 Å². The molecule has 134 valence electrons. The van der Waals surface area contributed by atoms with Crippen LogP contribution in [-0.4, -0.2) is 23.1 Å². The summed E-state index contributed by atoms with van der Waals surface area (Å²) in [6, 6.07) is 2.44. The lowest BCUT2D eigenvalue weighted by atomic mass is 10.0. The number of carboxylic acids is 1. The molecule has 0 amide bonds. The molecule has 1 aromatic rings. The Bertz CT molecular complexity index is 585. The van der Waals surface area contributed by atoms with Crippen LogP contribution in [0.4, 0.5) is 0 Å². The lowest BCUT2D eigenvalue weighted by Crippen LogP contribution is -2.21. The molecule has 0 fully saturated rings. The van der Waals surface area contributed by atoms with Gasteiger partial charge in [0.05, 0.1) is 21.2 Å². The first kappa shape index (κ1) is 20.8. The minimum Gasteiger partial charge on any atom is -0.478 e. The predicted octanol–water partition coefficient (Wildman–Crippen LogP) is 5.84. The minimum atomic E-state index is -1.24. The maximum atomic E-state index is 12.5. The number of esters is 1. The number of carboxylic acid groups (broad SMARTS) is 1. The number of rotatable bonds is 9. The van der Waals surface area contributed by atoms with E-state index in [1.807, 2.05) is 0 Å². The molecule has 0 bridgehead atoms. The molecule has 0 aliphatic heterocycles. The highest BCUT2D eigenvalue weighted by atomic mass is 35.5. The average Bonchev–Trinajstić information content (AvgIpc) is 2.51. The van der Waals surface area contributed by atoms with Crippen LogP contribution in [0.3, 0.4) is 0 Å². The van der Waals surface area contributed by atoms with Crippen molar-refractivity contribution in [2.75, 3.05) is 0 Å². The van der Waals surface area contributed by atoms with Crippen molar-refractivity contribution in [2.45, 2.75) is 59.0 Å². The quantitative estimate of drug-likeness (QED) is 0.551. The SMILES string of the molecule is CCCCC(CCC(C)C)OC(=O)c1cc(Cl)c(Cl)cc1C(=O)O. The standard InChI is InChI=1S/C18H24Cl2O4/c1-4-5-6-12(8-7-11(2)3)24-18(23)14-10-16(20)15(19)9-13(14)17(21)22/h9-12H,4-8H2,1-3H3,(H,21,22). The van der Waals surface area contributed by atoms with Crippen LogP contribution in [0.25, 0.3) is 0 Å². The summed E-state index contributed by atoms with van der Waals surface area (Å²) < 4.78 is 5.57. The number of benzene rings is 1. The van der Waals surface area contributed by atoms with Gasteiger partial charge in [-0.05, 0) is 37.3 Å². The molecule has 1 rings (SSSR count). The third-order valence-electron chi connectivity index (χ3n) is 3.73. The Morgan fingerprint density at radius 3 is 2.17 bits per heavy atom. The highest BCUT2D eigenvalue weighted by Gasteiger charge is 2.23. The van der Waals surface area contributed by atoms with Crippen LogP contribution in [0.1, 0.15) is 73.6 Å². The molecule has 4 nitrogen and oxygen atoms in total. The predicted molar refractivity (Wildman–Crippen MR) is 96.2 cm³/mol. The number of halogens is 2. The van der Waals surface area contributed by atoms with E-state index in [0.29, 0.717) is 5.92 Å². The maximum absolute atomic E-state index is 12.5. The second kappa shape index (κ2) is 9.90. The molecule has 1 unspecified atom stereocenters. The minimum absolute atomic E-state index is 0.0667. The van der Waals surface area contributed by atoms with Gasteiger partial charge in [0.1, 0.15) is 6.10 Å². The van der Waals surface area contributed by atoms with Crippen LogP contribution in [-0.2, 0) is 4.74 Å². The van der Waals surface area contributed by atoms with Gasteiger partial charge in [0, 0.05) is 0 Å². The smallest absolute Gasteiger partial charge is 0.339 e. The van der Waals surface area contributed by atoms with Gasteiger partial charge in [-0.15, -0.1) is 0 Å². The molecule has 0 aliphatic rings. The highest BCUT2D eigenvalue weighted by Crippen LogP contribution is 2.27. The Balaban J connectivity index is 2.97. The molecule has 1 aromatic carbocycles. The summed E-state index contributed by atoms with van der Waals surface area (Å²) in [5.74, 6) is -1.41. The molecule has 0 saturated heterocycles. The Kier molecular flexibility index (Phi) is 8.57. The molecule has 1 N–H and O–H groups in total. The molecule has 0 aromatic heterocycles. The van der Waals surface area contributed by atoms with Crippen molar-refractivity contribution in [1.82, 2.24) is 0 Å². The van der Waals surface area contributed by atoms with Crippen LogP contribution in [0.15, 0.2) is 12.1 Å². The van der Waals surface area contributed by atoms with Gasteiger partial charge in [-0.25, -0.2) is 9.59 Å². The summed E-state index contributed by atoms with van der Waals surface area (Å²) >= 11 is 11.8. The molecule has 0 heterocycles. The van der Waals surface area contributed by atoms with Gasteiger partial charge in [-0.2, -0.15) is 0 Å². The zero-order valence-electron chi connectivity index (χ0n) is 14.3. The monoisotopic (exact) mass is 374 g/mol. The van der Waals surface area contributed by atoms with E-state index in [0.717, 1.165) is 32.1 Å². The van der Waals surface area contributed by atoms with Gasteiger partial charge in [0.15, 0.2) is 0 Å². The number of hydrogen-bond acceptors (Lipinski definition) is 3. The number of carbonyl (C=O) groups is 2. The van der Waals surface area contributed by atoms with E-state index in [1.54, 1.807) is 0 Å². The van der Waals surface area contributed by atoms with E-state index in [4.69, 9.17) is 27.9 Å². The molecular formula is C18H24Cl2O4.